The number of hydrogen-bond donors (Lipinski definition) is 3. The van der Waals surface area contributed by atoms with Gasteiger partial charge in [-0.25, -0.2) is 9.50 Å². The zero-order valence-corrected chi connectivity index (χ0v) is 11.4. The van der Waals surface area contributed by atoms with Gasteiger partial charge < -0.3 is 16.2 Å². The fraction of sp³-hybridized carbons (Fsp3) is 0.385. The van der Waals surface area contributed by atoms with Crippen molar-refractivity contribution in [2.24, 2.45) is 5.73 Å². The summed E-state index contributed by atoms with van der Waals surface area (Å²) in [6, 6.07) is 1.44. The van der Waals surface area contributed by atoms with Crippen LogP contribution in [0.3, 0.4) is 0 Å². The quantitative estimate of drug-likeness (QED) is 0.701. The van der Waals surface area contributed by atoms with Crippen LogP contribution in [-0.4, -0.2) is 43.2 Å². The fourth-order valence-electron chi connectivity index (χ4n) is 2.60. The van der Waals surface area contributed by atoms with Gasteiger partial charge in [-0.05, 0) is 25.8 Å². The highest BCUT2D eigenvalue weighted by molar-refractivity contribution is 5.99. The van der Waals surface area contributed by atoms with Crippen molar-refractivity contribution in [1.82, 2.24) is 19.9 Å². The van der Waals surface area contributed by atoms with Gasteiger partial charge in [0.25, 0.3) is 11.8 Å². The number of amides is 2. The van der Waals surface area contributed by atoms with Crippen molar-refractivity contribution in [2.45, 2.75) is 31.4 Å². The summed E-state index contributed by atoms with van der Waals surface area (Å²) in [6.07, 6.45) is 3.74. The van der Waals surface area contributed by atoms with E-state index in [1.165, 1.54) is 23.0 Å². The molecule has 4 N–H and O–H groups in total. The van der Waals surface area contributed by atoms with Gasteiger partial charge in [-0.2, -0.15) is 5.10 Å². The lowest BCUT2D eigenvalue weighted by molar-refractivity contribution is -0.0367. The van der Waals surface area contributed by atoms with Crippen molar-refractivity contribution in [3.8, 4) is 0 Å². The number of nitrogens with zero attached hydrogens (tertiary/aromatic N) is 3. The van der Waals surface area contributed by atoms with E-state index in [9.17, 15) is 14.7 Å². The molecule has 0 bridgehead atoms. The lowest BCUT2D eigenvalue weighted by atomic mass is 9.77. The maximum atomic E-state index is 12.3. The molecule has 110 valence electrons. The highest BCUT2D eigenvalue weighted by Crippen LogP contribution is 2.31. The summed E-state index contributed by atoms with van der Waals surface area (Å²) in [7, 11) is 0. The smallest absolute Gasteiger partial charge is 0.270 e. The molecule has 8 heteroatoms. The molecule has 8 nitrogen and oxygen atoms in total. The first-order valence-electron chi connectivity index (χ1n) is 6.53. The molecule has 21 heavy (non-hydrogen) atoms. The Morgan fingerprint density at radius 2 is 2.24 bits per heavy atom. The number of fused-ring (bicyclic) bond motifs is 1. The van der Waals surface area contributed by atoms with Crippen LogP contribution in [0.4, 0.5) is 0 Å². The highest BCUT2D eigenvalue weighted by Gasteiger charge is 2.39. The number of rotatable bonds is 3. The Morgan fingerprint density at radius 1 is 1.52 bits per heavy atom. The van der Waals surface area contributed by atoms with E-state index in [-0.39, 0.29) is 28.9 Å². The molecule has 0 saturated heterocycles. The molecular weight excluding hydrogens is 274 g/mol. The Bertz CT molecular complexity index is 728. The van der Waals surface area contributed by atoms with E-state index in [1.54, 1.807) is 6.92 Å². The first kappa shape index (κ1) is 13.5. The summed E-state index contributed by atoms with van der Waals surface area (Å²) in [5, 5.41) is 16.5. The predicted molar refractivity (Wildman–Crippen MR) is 72.6 cm³/mol. The van der Waals surface area contributed by atoms with Crippen molar-refractivity contribution >= 4 is 17.5 Å². The van der Waals surface area contributed by atoms with Crippen molar-refractivity contribution in [1.29, 1.82) is 0 Å². The summed E-state index contributed by atoms with van der Waals surface area (Å²) < 4.78 is 1.28. The molecule has 1 aliphatic rings. The molecule has 1 saturated carbocycles. The van der Waals surface area contributed by atoms with E-state index in [2.05, 4.69) is 15.4 Å². The van der Waals surface area contributed by atoms with Crippen molar-refractivity contribution in [2.75, 3.05) is 0 Å². The van der Waals surface area contributed by atoms with Gasteiger partial charge in [-0.3, -0.25) is 9.59 Å². The third-order valence-corrected chi connectivity index (χ3v) is 3.61. The standard InChI is InChI=1S/C13H15N5O3/c1-13(21)4-7(5-13)17-12(20)9-2-3-15-11-8(10(14)19)6-16-18(9)11/h2-3,6-7,21H,4-5H2,1H3,(H2,14,19)(H,17,20). The average Bonchev–Trinajstić information content (AvgIpc) is 2.79. The van der Waals surface area contributed by atoms with Gasteiger partial charge in [0.2, 0.25) is 0 Å². The molecule has 1 fully saturated rings. The number of primary amides is 1. The van der Waals surface area contributed by atoms with Crippen LogP contribution in [0, 0.1) is 0 Å². The molecule has 2 amide bonds. The van der Waals surface area contributed by atoms with Crippen LogP contribution in [0.15, 0.2) is 18.5 Å². The second kappa shape index (κ2) is 4.52. The molecule has 3 rings (SSSR count). The molecule has 2 heterocycles. The van der Waals surface area contributed by atoms with Crippen molar-refractivity contribution < 1.29 is 14.7 Å². The number of hydrogen-bond acceptors (Lipinski definition) is 5. The number of nitrogens with two attached hydrogens (primary N) is 1. The van der Waals surface area contributed by atoms with Crippen molar-refractivity contribution in [3.05, 3.63) is 29.7 Å². The molecule has 0 spiro atoms. The minimum Gasteiger partial charge on any atom is -0.390 e. The lowest BCUT2D eigenvalue weighted by Gasteiger charge is -2.41. The van der Waals surface area contributed by atoms with Crippen LogP contribution >= 0.6 is 0 Å². The Labute approximate surface area is 120 Å². The molecule has 0 atom stereocenters. The van der Waals surface area contributed by atoms with E-state index in [0.29, 0.717) is 12.8 Å². The molecule has 0 aliphatic heterocycles. The summed E-state index contributed by atoms with van der Waals surface area (Å²) in [5.74, 6) is -0.980. The minimum atomic E-state index is -0.712. The Balaban J connectivity index is 1.87. The zero-order chi connectivity index (χ0) is 15.2. The van der Waals surface area contributed by atoms with Gasteiger partial charge >= 0.3 is 0 Å². The lowest BCUT2D eigenvalue weighted by Crippen LogP contribution is -2.53. The molecule has 0 unspecified atom stereocenters. The van der Waals surface area contributed by atoms with Gasteiger partial charge in [0.1, 0.15) is 11.3 Å². The van der Waals surface area contributed by atoms with Crippen molar-refractivity contribution in [3.63, 3.8) is 0 Å². The van der Waals surface area contributed by atoms with E-state index in [1.807, 2.05) is 0 Å². The molecule has 2 aromatic rings. The predicted octanol–water partition coefficient (Wildman–Crippen LogP) is -0.529. The topological polar surface area (TPSA) is 123 Å². The third kappa shape index (κ3) is 2.33. The average molecular weight is 289 g/mol. The first-order valence-corrected chi connectivity index (χ1v) is 6.53. The van der Waals surface area contributed by atoms with Crippen LogP contribution in [0.2, 0.25) is 0 Å². The number of carbonyl (C=O) groups is 2. The van der Waals surface area contributed by atoms with Gasteiger partial charge in [0.15, 0.2) is 5.65 Å². The van der Waals surface area contributed by atoms with Crippen LogP contribution in [-0.2, 0) is 0 Å². The minimum absolute atomic E-state index is 0.0677. The molecule has 0 radical (unpaired) electrons. The molecular formula is C13H15N5O3. The Morgan fingerprint density at radius 3 is 2.86 bits per heavy atom. The monoisotopic (exact) mass is 289 g/mol. The second-order valence-corrected chi connectivity index (χ2v) is 5.56. The van der Waals surface area contributed by atoms with Crippen LogP contribution in [0.5, 0.6) is 0 Å². The first-order chi connectivity index (χ1) is 9.87. The summed E-state index contributed by atoms with van der Waals surface area (Å²) >= 11 is 0. The van der Waals surface area contributed by atoms with Gasteiger partial charge in [0, 0.05) is 12.2 Å². The Hall–Kier alpha value is -2.48. The molecule has 2 aromatic heterocycles. The SMILES string of the molecule is CC1(O)CC(NC(=O)c2ccnc3c(C(N)=O)cnn23)C1. The van der Waals surface area contributed by atoms with Gasteiger partial charge in [0.05, 0.1) is 11.8 Å². The number of aromatic nitrogens is 3. The van der Waals surface area contributed by atoms with Gasteiger partial charge in [-0.15, -0.1) is 0 Å². The maximum Gasteiger partial charge on any atom is 0.270 e. The van der Waals surface area contributed by atoms with Crippen LogP contribution in [0.25, 0.3) is 5.65 Å². The second-order valence-electron chi connectivity index (χ2n) is 5.56. The number of nitrogens with one attached hydrogen (secondary N) is 1. The van der Waals surface area contributed by atoms with E-state index >= 15 is 0 Å². The van der Waals surface area contributed by atoms with Gasteiger partial charge in [-0.1, -0.05) is 0 Å². The third-order valence-electron chi connectivity index (χ3n) is 3.61. The molecule has 1 aliphatic carbocycles. The van der Waals surface area contributed by atoms with E-state index in [0.717, 1.165) is 0 Å². The van der Waals surface area contributed by atoms with E-state index in [4.69, 9.17) is 5.73 Å². The summed E-state index contributed by atoms with van der Waals surface area (Å²) in [6.45, 7) is 1.73. The summed E-state index contributed by atoms with van der Waals surface area (Å²) in [5.41, 5.74) is 5.19. The largest absolute Gasteiger partial charge is 0.390 e. The normalized spacial score (nSPS) is 24.6. The van der Waals surface area contributed by atoms with Crippen LogP contribution < -0.4 is 11.1 Å². The summed E-state index contributed by atoms with van der Waals surface area (Å²) in [4.78, 5) is 27.5. The number of carbonyl (C=O) groups excluding carboxylic acids is 2. The maximum absolute atomic E-state index is 12.3. The number of aliphatic hydroxyl groups is 1. The Kier molecular flexibility index (Phi) is 2.91. The zero-order valence-electron chi connectivity index (χ0n) is 11.4. The molecule has 0 aromatic carbocycles. The van der Waals surface area contributed by atoms with E-state index < -0.39 is 11.5 Å². The fourth-order valence-corrected chi connectivity index (χ4v) is 2.60. The highest BCUT2D eigenvalue weighted by atomic mass is 16.3. The van der Waals surface area contributed by atoms with Crippen LogP contribution in [0.1, 0.15) is 40.6 Å².